The maximum atomic E-state index is 13.2. The molecule has 0 bridgehead atoms. The van der Waals surface area contributed by atoms with Crippen LogP contribution in [-0.2, 0) is 26.2 Å². The minimum absolute atomic E-state index is 0.0260. The van der Waals surface area contributed by atoms with Crippen molar-refractivity contribution in [2.24, 2.45) is 0 Å². The molecule has 0 radical (unpaired) electrons. The second-order valence-corrected chi connectivity index (χ2v) is 11.1. The predicted molar refractivity (Wildman–Crippen MR) is 138 cm³/mol. The van der Waals surface area contributed by atoms with Crippen LogP contribution in [0.5, 0.6) is 0 Å². The Morgan fingerprint density at radius 2 is 1.68 bits per heavy atom. The van der Waals surface area contributed by atoms with Crippen LogP contribution < -0.4 is 9.62 Å². The highest BCUT2D eigenvalue weighted by molar-refractivity contribution is 7.92. The minimum atomic E-state index is -3.61. The molecule has 34 heavy (non-hydrogen) atoms. The molecular formula is C23H28Cl3N3O4S. The van der Waals surface area contributed by atoms with Crippen LogP contribution in [0.1, 0.15) is 30.9 Å². The van der Waals surface area contributed by atoms with E-state index in [0.29, 0.717) is 26.3 Å². The maximum Gasteiger partial charge on any atom is 0.242 e. The Hall–Kier alpha value is -2.00. The van der Waals surface area contributed by atoms with Gasteiger partial charge in [0.2, 0.25) is 21.8 Å². The summed E-state index contributed by atoms with van der Waals surface area (Å²) >= 11 is 18.3. The molecule has 2 rings (SSSR count). The van der Waals surface area contributed by atoms with Gasteiger partial charge in [0.05, 0.1) is 11.9 Å². The molecule has 11 heteroatoms. The minimum Gasteiger partial charge on any atom is -0.357 e. The highest BCUT2D eigenvalue weighted by Gasteiger charge is 2.27. The van der Waals surface area contributed by atoms with Crippen molar-refractivity contribution in [2.75, 3.05) is 24.2 Å². The summed E-state index contributed by atoms with van der Waals surface area (Å²) in [6, 6.07) is 9.19. The summed E-state index contributed by atoms with van der Waals surface area (Å²) < 4.78 is 26.2. The molecule has 0 fully saturated rings. The van der Waals surface area contributed by atoms with Crippen molar-refractivity contribution >= 4 is 62.3 Å². The first-order valence-corrected chi connectivity index (χ1v) is 13.5. The number of nitrogens with zero attached hydrogens (tertiary/aromatic N) is 2. The Bertz CT molecular complexity index is 1160. The quantitative estimate of drug-likeness (QED) is 0.468. The molecule has 0 unspecified atom stereocenters. The normalized spacial score (nSPS) is 12.2. The van der Waals surface area contributed by atoms with E-state index in [1.165, 1.54) is 16.3 Å². The Kier molecular flexibility index (Phi) is 10.1. The lowest BCUT2D eigenvalue weighted by Gasteiger charge is -2.29. The number of benzene rings is 2. The molecule has 0 aromatic heterocycles. The zero-order valence-electron chi connectivity index (χ0n) is 19.4. The van der Waals surface area contributed by atoms with Crippen LogP contribution in [0.3, 0.4) is 0 Å². The molecular weight excluding hydrogens is 521 g/mol. The first-order valence-electron chi connectivity index (χ1n) is 10.5. The largest absolute Gasteiger partial charge is 0.357 e. The van der Waals surface area contributed by atoms with Gasteiger partial charge in [-0.2, -0.15) is 0 Å². The summed E-state index contributed by atoms with van der Waals surface area (Å²) in [4.78, 5) is 26.9. The Morgan fingerprint density at radius 3 is 2.26 bits per heavy atom. The zero-order valence-corrected chi connectivity index (χ0v) is 22.5. The number of halogens is 3. The van der Waals surface area contributed by atoms with Gasteiger partial charge in [-0.25, -0.2) is 8.42 Å². The van der Waals surface area contributed by atoms with Crippen molar-refractivity contribution in [2.45, 2.75) is 39.3 Å². The average Bonchev–Trinajstić information content (AvgIpc) is 2.76. The van der Waals surface area contributed by atoms with Gasteiger partial charge < -0.3 is 10.2 Å². The highest BCUT2D eigenvalue weighted by atomic mass is 35.5. The second-order valence-electron chi connectivity index (χ2n) is 7.92. The number of hydrogen-bond donors (Lipinski definition) is 1. The van der Waals surface area contributed by atoms with Crippen LogP contribution in [0.15, 0.2) is 36.4 Å². The third kappa shape index (κ3) is 7.50. The standard InChI is InChI=1S/C23H28Cl3N3O4S/c1-15-7-9-19(25)13-21(15)29(34(4,32)33)11-5-6-22(30)28(16(2)23(31)27-3)14-17-8-10-18(24)12-20(17)26/h7-10,12-13,16H,5-6,11,14H2,1-4H3,(H,27,31)/t16-/m0/s1. The Balaban J connectivity index is 2.21. The van der Waals surface area contributed by atoms with E-state index in [0.717, 1.165) is 11.8 Å². The van der Waals surface area contributed by atoms with E-state index in [2.05, 4.69) is 5.32 Å². The first-order chi connectivity index (χ1) is 15.8. The average molecular weight is 549 g/mol. The molecule has 7 nitrogen and oxygen atoms in total. The monoisotopic (exact) mass is 547 g/mol. The van der Waals surface area contributed by atoms with Crippen molar-refractivity contribution in [3.05, 3.63) is 62.6 Å². The number of carbonyl (C=O) groups is 2. The topological polar surface area (TPSA) is 86.8 Å². The number of amides is 2. The van der Waals surface area contributed by atoms with Gasteiger partial charge in [0.15, 0.2) is 0 Å². The van der Waals surface area contributed by atoms with Crippen molar-refractivity contribution in [1.29, 1.82) is 0 Å². The zero-order chi connectivity index (χ0) is 25.6. The van der Waals surface area contributed by atoms with E-state index in [1.54, 1.807) is 50.2 Å². The van der Waals surface area contributed by atoms with Gasteiger partial charge in [-0.05, 0) is 55.7 Å². The van der Waals surface area contributed by atoms with Crippen molar-refractivity contribution in [1.82, 2.24) is 10.2 Å². The van der Waals surface area contributed by atoms with E-state index < -0.39 is 16.1 Å². The number of sulfonamides is 1. The van der Waals surface area contributed by atoms with Crippen molar-refractivity contribution < 1.29 is 18.0 Å². The van der Waals surface area contributed by atoms with Gasteiger partial charge in [-0.15, -0.1) is 0 Å². The number of aryl methyl sites for hydroxylation is 1. The number of carbonyl (C=O) groups excluding carboxylic acids is 2. The van der Waals surface area contributed by atoms with Crippen LogP contribution in [0.4, 0.5) is 5.69 Å². The lowest BCUT2D eigenvalue weighted by atomic mass is 10.1. The molecule has 2 amide bonds. The fourth-order valence-electron chi connectivity index (χ4n) is 3.46. The second kappa shape index (κ2) is 12.1. The van der Waals surface area contributed by atoms with E-state index in [-0.39, 0.29) is 37.7 Å². The highest BCUT2D eigenvalue weighted by Crippen LogP contribution is 2.27. The smallest absolute Gasteiger partial charge is 0.242 e. The summed E-state index contributed by atoms with van der Waals surface area (Å²) in [6.07, 6.45) is 1.37. The molecule has 0 aliphatic rings. The molecule has 0 saturated heterocycles. The maximum absolute atomic E-state index is 13.2. The summed E-state index contributed by atoms with van der Waals surface area (Å²) in [5, 5.41) is 3.81. The van der Waals surface area contributed by atoms with E-state index >= 15 is 0 Å². The van der Waals surface area contributed by atoms with Gasteiger partial charge in [0, 0.05) is 41.6 Å². The van der Waals surface area contributed by atoms with Crippen molar-refractivity contribution in [3.8, 4) is 0 Å². The predicted octanol–water partition coefficient (Wildman–Crippen LogP) is 4.66. The van der Waals surface area contributed by atoms with Crippen LogP contribution in [0.25, 0.3) is 0 Å². The van der Waals surface area contributed by atoms with Gasteiger partial charge in [-0.3, -0.25) is 13.9 Å². The fourth-order valence-corrected chi connectivity index (χ4v) is 5.11. The number of likely N-dealkylation sites (N-methyl/N-ethyl adjacent to an activating group) is 1. The molecule has 0 aliphatic heterocycles. The number of nitrogens with one attached hydrogen (secondary N) is 1. The van der Waals surface area contributed by atoms with Crippen LogP contribution in [0, 0.1) is 6.92 Å². The lowest BCUT2D eigenvalue weighted by Crippen LogP contribution is -2.46. The van der Waals surface area contributed by atoms with Gasteiger partial charge >= 0.3 is 0 Å². The number of rotatable bonds is 10. The lowest BCUT2D eigenvalue weighted by molar-refractivity contribution is -0.140. The third-order valence-electron chi connectivity index (χ3n) is 5.36. The van der Waals surface area contributed by atoms with Crippen LogP contribution in [-0.4, -0.2) is 51.0 Å². The molecule has 0 heterocycles. The van der Waals surface area contributed by atoms with Gasteiger partial charge in [-0.1, -0.05) is 46.9 Å². The summed E-state index contributed by atoms with van der Waals surface area (Å²) in [5.41, 5.74) is 1.85. The molecule has 1 N–H and O–H groups in total. The molecule has 0 aliphatic carbocycles. The summed E-state index contributed by atoms with van der Waals surface area (Å²) in [6.45, 7) is 3.60. The SMILES string of the molecule is CNC(=O)[C@H](C)N(Cc1ccc(Cl)cc1Cl)C(=O)CCCN(c1cc(Cl)ccc1C)S(C)(=O)=O. The van der Waals surface area contributed by atoms with E-state index in [9.17, 15) is 18.0 Å². The molecule has 0 saturated carbocycles. The van der Waals surface area contributed by atoms with E-state index in [4.69, 9.17) is 34.8 Å². The Morgan fingerprint density at radius 1 is 1.06 bits per heavy atom. The van der Waals surface area contributed by atoms with E-state index in [1.807, 2.05) is 0 Å². The van der Waals surface area contributed by atoms with Crippen LogP contribution in [0.2, 0.25) is 15.1 Å². The first kappa shape index (κ1) is 28.2. The summed E-state index contributed by atoms with van der Waals surface area (Å²) in [7, 11) is -2.12. The molecule has 186 valence electrons. The number of anilines is 1. The molecule has 0 spiro atoms. The molecule has 1 atom stereocenters. The fraction of sp³-hybridized carbons (Fsp3) is 0.391. The Labute approximate surface area is 216 Å². The third-order valence-corrected chi connectivity index (χ3v) is 7.36. The van der Waals surface area contributed by atoms with Gasteiger partial charge in [0.1, 0.15) is 6.04 Å². The van der Waals surface area contributed by atoms with Crippen LogP contribution >= 0.6 is 34.8 Å². The summed E-state index contributed by atoms with van der Waals surface area (Å²) in [5.74, 6) is -0.635. The molecule has 2 aromatic rings. The molecule has 2 aromatic carbocycles. The van der Waals surface area contributed by atoms with Crippen molar-refractivity contribution in [3.63, 3.8) is 0 Å². The number of hydrogen-bond acceptors (Lipinski definition) is 4. The van der Waals surface area contributed by atoms with Gasteiger partial charge in [0.25, 0.3) is 0 Å².